The smallest absolute Gasteiger partial charge is 0.251 e. The van der Waals surface area contributed by atoms with E-state index >= 15 is 0 Å². The molecule has 0 fully saturated rings. The van der Waals surface area contributed by atoms with Gasteiger partial charge in [-0.05, 0) is 41.6 Å². The van der Waals surface area contributed by atoms with Crippen LogP contribution in [0.4, 0.5) is 0 Å². The third-order valence-corrected chi connectivity index (χ3v) is 6.58. The number of carbonyl (C=O) groups is 2. The summed E-state index contributed by atoms with van der Waals surface area (Å²) in [4.78, 5) is 28.4. The molecule has 0 saturated heterocycles. The third-order valence-electron chi connectivity index (χ3n) is 5.56. The van der Waals surface area contributed by atoms with Gasteiger partial charge in [0.2, 0.25) is 5.91 Å². The van der Waals surface area contributed by atoms with Crippen LogP contribution in [-0.4, -0.2) is 35.0 Å². The molecule has 5 rings (SSSR count). The summed E-state index contributed by atoms with van der Waals surface area (Å²) < 4.78 is 5.50. The van der Waals surface area contributed by atoms with E-state index in [0.29, 0.717) is 29.9 Å². The van der Waals surface area contributed by atoms with Gasteiger partial charge >= 0.3 is 0 Å². The molecule has 7 heteroatoms. The number of carbonyl (C=O) groups excluding carboxylic acids is 2. The molecular formula is C24H21N3O3S. The molecular weight excluding hydrogens is 410 g/mol. The molecule has 1 aliphatic heterocycles. The van der Waals surface area contributed by atoms with Crippen molar-refractivity contribution in [3.63, 3.8) is 0 Å². The fourth-order valence-corrected chi connectivity index (χ4v) is 4.77. The molecule has 2 aromatic heterocycles. The zero-order chi connectivity index (χ0) is 21.2. The van der Waals surface area contributed by atoms with Gasteiger partial charge in [0.05, 0.1) is 5.39 Å². The number of nitrogens with one attached hydrogen (secondary N) is 1. The van der Waals surface area contributed by atoms with Crippen LogP contribution in [0.1, 0.15) is 27.2 Å². The maximum atomic E-state index is 12.7. The highest BCUT2D eigenvalue weighted by molar-refractivity contribution is 7.10. The number of aromatic nitrogens is 1. The van der Waals surface area contributed by atoms with Gasteiger partial charge in [-0.15, -0.1) is 11.3 Å². The average molecular weight is 432 g/mol. The molecule has 0 atom stereocenters. The van der Waals surface area contributed by atoms with E-state index in [1.165, 1.54) is 10.4 Å². The standard InChI is InChI=1S/C24H21N3O3S/c28-22(27-12-9-21-18(15-27)10-13-31-21)8-11-25-24(29)17-6-7-20-19(14-17)23(30-26-20)16-4-2-1-3-5-16/h1-7,10,13-14H,8-9,11-12,15H2,(H,25,29). The minimum absolute atomic E-state index is 0.0676. The van der Waals surface area contributed by atoms with E-state index < -0.39 is 0 Å². The minimum atomic E-state index is -0.214. The normalized spacial score (nSPS) is 13.2. The number of fused-ring (bicyclic) bond motifs is 2. The van der Waals surface area contributed by atoms with E-state index in [1.54, 1.807) is 29.5 Å². The van der Waals surface area contributed by atoms with Crippen LogP contribution in [0.25, 0.3) is 22.2 Å². The number of benzene rings is 2. The SMILES string of the molecule is O=C(NCCC(=O)N1CCc2sccc2C1)c1ccc2noc(-c3ccccc3)c2c1. The zero-order valence-electron chi connectivity index (χ0n) is 16.8. The van der Waals surface area contributed by atoms with Crippen molar-refractivity contribution < 1.29 is 14.1 Å². The van der Waals surface area contributed by atoms with E-state index in [1.807, 2.05) is 35.2 Å². The molecule has 31 heavy (non-hydrogen) atoms. The molecule has 0 aliphatic carbocycles. The molecule has 0 radical (unpaired) electrons. The molecule has 2 aromatic carbocycles. The van der Waals surface area contributed by atoms with Crippen molar-refractivity contribution in [2.75, 3.05) is 13.1 Å². The predicted octanol–water partition coefficient (Wildman–Crippen LogP) is 4.26. The van der Waals surface area contributed by atoms with Crippen LogP contribution in [0.15, 0.2) is 64.5 Å². The van der Waals surface area contributed by atoms with Crippen molar-refractivity contribution in [2.24, 2.45) is 0 Å². The summed E-state index contributed by atoms with van der Waals surface area (Å²) in [5.41, 5.74) is 3.36. The van der Waals surface area contributed by atoms with Crippen molar-refractivity contribution in [1.29, 1.82) is 0 Å². The first-order valence-corrected chi connectivity index (χ1v) is 11.1. The minimum Gasteiger partial charge on any atom is -0.355 e. The number of thiophene rings is 1. The van der Waals surface area contributed by atoms with E-state index in [0.717, 1.165) is 23.9 Å². The Morgan fingerprint density at radius 3 is 2.87 bits per heavy atom. The van der Waals surface area contributed by atoms with Gasteiger partial charge < -0.3 is 14.7 Å². The number of amides is 2. The van der Waals surface area contributed by atoms with Gasteiger partial charge in [0.15, 0.2) is 5.76 Å². The summed E-state index contributed by atoms with van der Waals surface area (Å²) in [7, 11) is 0. The molecule has 1 aliphatic rings. The maximum Gasteiger partial charge on any atom is 0.251 e. The fourth-order valence-electron chi connectivity index (χ4n) is 3.88. The van der Waals surface area contributed by atoms with Gasteiger partial charge in [-0.2, -0.15) is 0 Å². The van der Waals surface area contributed by atoms with Gasteiger partial charge in [-0.25, -0.2) is 0 Å². The van der Waals surface area contributed by atoms with Gasteiger partial charge in [0, 0.05) is 42.1 Å². The highest BCUT2D eigenvalue weighted by atomic mass is 32.1. The molecule has 3 heterocycles. The van der Waals surface area contributed by atoms with Crippen molar-refractivity contribution in [3.05, 3.63) is 76.0 Å². The molecule has 6 nitrogen and oxygen atoms in total. The van der Waals surface area contributed by atoms with Crippen molar-refractivity contribution in [1.82, 2.24) is 15.4 Å². The second-order valence-corrected chi connectivity index (χ2v) is 8.55. The second kappa shape index (κ2) is 8.35. The van der Waals surface area contributed by atoms with Crippen molar-refractivity contribution >= 4 is 34.1 Å². The lowest BCUT2D eigenvalue weighted by Gasteiger charge is -2.27. The van der Waals surface area contributed by atoms with Crippen LogP contribution >= 0.6 is 11.3 Å². The summed E-state index contributed by atoms with van der Waals surface area (Å²) in [5.74, 6) is 0.491. The Morgan fingerprint density at radius 1 is 1.13 bits per heavy atom. The Kier molecular flexibility index (Phi) is 5.26. The Hall–Kier alpha value is -3.45. The predicted molar refractivity (Wildman–Crippen MR) is 120 cm³/mol. The highest BCUT2D eigenvalue weighted by Gasteiger charge is 2.21. The molecule has 2 amide bonds. The molecule has 0 unspecified atom stereocenters. The molecule has 156 valence electrons. The lowest BCUT2D eigenvalue weighted by Crippen LogP contribution is -2.37. The van der Waals surface area contributed by atoms with Crippen LogP contribution in [0.3, 0.4) is 0 Å². The molecule has 0 saturated carbocycles. The Labute approximate surface area is 183 Å². The number of hydrogen-bond acceptors (Lipinski definition) is 5. The van der Waals surface area contributed by atoms with Gasteiger partial charge in [0.1, 0.15) is 5.52 Å². The van der Waals surface area contributed by atoms with Crippen molar-refractivity contribution in [3.8, 4) is 11.3 Å². The summed E-state index contributed by atoms with van der Waals surface area (Å²) in [6.45, 7) is 1.71. The second-order valence-electron chi connectivity index (χ2n) is 7.55. The monoisotopic (exact) mass is 431 g/mol. The van der Waals surface area contributed by atoms with Gasteiger partial charge in [0.25, 0.3) is 5.91 Å². The number of nitrogens with zero attached hydrogens (tertiary/aromatic N) is 2. The third kappa shape index (κ3) is 3.96. The highest BCUT2D eigenvalue weighted by Crippen LogP contribution is 2.29. The summed E-state index contributed by atoms with van der Waals surface area (Å²) in [6, 6.07) is 17.1. The Morgan fingerprint density at radius 2 is 2.00 bits per heavy atom. The first-order valence-electron chi connectivity index (χ1n) is 10.2. The first kappa shape index (κ1) is 19.5. The summed E-state index contributed by atoms with van der Waals surface area (Å²) >= 11 is 1.75. The number of hydrogen-bond donors (Lipinski definition) is 1. The van der Waals surface area contributed by atoms with Gasteiger partial charge in [-0.3, -0.25) is 9.59 Å². The van der Waals surface area contributed by atoms with Crippen LogP contribution in [0, 0.1) is 0 Å². The fraction of sp³-hybridized carbons (Fsp3) is 0.208. The van der Waals surface area contributed by atoms with Crippen LogP contribution in [0.2, 0.25) is 0 Å². The molecule has 0 spiro atoms. The topological polar surface area (TPSA) is 75.4 Å². The Balaban J connectivity index is 1.22. The van der Waals surface area contributed by atoms with E-state index in [9.17, 15) is 9.59 Å². The van der Waals surface area contributed by atoms with E-state index in [-0.39, 0.29) is 18.2 Å². The maximum absolute atomic E-state index is 12.7. The van der Waals surface area contributed by atoms with Crippen LogP contribution < -0.4 is 5.32 Å². The lowest BCUT2D eigenvalue weighted by molar-refractivity contribution is -0.131. The summed E-state index contributed by atoms with van der Waals surface area (Å²) in [5, 5.41) is 9.82. The summed E-state index contributed by atoms with van der Waals surface area (Å²) in [6.07, 6.45) is 1.20. The Bertz CT molecular complexity index is 1250. The largest absolute Gasteiger partial charge is 0.355 e. The first-order chi connectivity index (χ1) is 15.2. The average Bonchev–Trinajstić information content (AvgIpc) is 3.45. The molecule has 4 aromatic rings. The van der Waals surface area contributed by atoms with Crippen LogP contribution in [-0.2, 0) is 17.8 Å². The van der Waals surface area contributed by atoms with Crippen molar-refractivity contribution in [2.45, 2.75) is 19.4 Å². The van der Waals surface area contributed by atoms with E-state index in [4.69, 9.17) is 4.52 Å². The molecule has 1 N–H and O–H groups in total. The number of rotatable bonds is 5. The quantitative estimate of drug-likeness (QED) is 0.512. The van der Waals surface area contributed by atoms with E-state index in [2.05, 4.69) is 21.9 Å². The van der Waals surface area contributed by atoms with Crippen LogP contribution in [0.5, 0.6) is 0 Å². The zero-order valence-corrected chi connectivity index (χ0v) is 17.7. The molecule has 0 bridgehead atoms. The van der Waals surface area contributed by atoms with Gasteiger partial charge in [-0.1, -0.05) is 35.5 Å². The lowest BCUT2D eigenvalue weighted by atomic mass is 10.1.